The molecule has 1 atom stereocenters. The molecule has 1 unspecified atom stereocenters. The highest BCUT2D eigenvalue weighted by Gasteiger charge is 2.18. The molecule has 0 saturated carbocycles. The first-order valence-corrected chi connectivity index (χ1v) is 6.08. The average molecular weight is 211 g/mol. The fourth-order valence-corrected chi connectivity index (χ4v) is 2.34. The molecule has 0 aromatic carbocycles. The lowest BCUT2D eigenvalue weighted by atomic mass is 10.2. The maximum Gasteiger partial charge on any atom is 0.223 e. The molecule has 4 nitrogen and oxygen atoms in total. The van der Waals surface area contributed by atoms with Crippen LogP contribution < -0.4 is 10.6 Å². The minimum atomic E-state index is 0.325. The lowest BCUT2D eigenvalue weighted by Crippen LogP contribution is -2.35. The van der Waals surface area contributed by atoms with E-state index >= 15 is 0 Å². The summed E-state index contributed by atoms with van der Waals surface area (Å²) in [6.07, 6.45) is 4.23. The summed E-state index contributed by atoms with van der Waals surface area (Å²) in [5.74, 6) is 0.325. The van der Waals surface area contributed by atoms with Crippen LogP contribution in [0.1, 0.15) is 25.7 Å². The van der Waals surface area contributed by atoms with Gasteiger partial charge in [-0.25, -0.2) is 0 Å². The van der Waals surface area contributed by atoms with E-state index in [0.717, 1.165) is 32.7 Å². The molecule has 0 radical (unpaired) electrons. The molecule has 1 amide bonds. The van der Waals surface area contributed by atoms with Gasteiger partial charge in [-0.1, -0.05) is 0 Å². The van der Waals surface area contributed by atoms with Gasteiger partial charge in [-0.2, -0.15) is 0 Å². The molecule has 2 rings (SSSR count). The maximum absolute atomic E-state index is 11.7. The smallest absolute Gasteiger partial charge is 0.223 e. The second-order valence-corrected chi connectivity index (χ2v) is 4.48. The fraction of sp³-hybridized carbons (Fsp3) is 0.909. The lowest BCUT2D eigenvalue weighted by Gasteiger charge is -2.16. The van der Waals surface area contributed by atoms with Gasteiger partial charge in [0.1, 0.15) is 0 Å². The third-order valence-corrected chi connectivity index (χ3v) is 3.29. The number of hydrogen-bond donors (Lipinski definition) is 2. The number of hydrogen-bond acceptors (Lipinski definition) is 3. The second-order valence-electron chi connectivity index (χ2n) is 4.48. The highest BCUT2D eigenvalue weighted by Crippen LogP contribution is 2.08. The largest absolute Gasteiger partial charge is 0.343 e. The van der Waals surface area contributed by atoms with Crippen molar-refractivity contribution in [2.45, 2.75) is 31.7 Å². The molecule has 2 heterocycles. The summed E-state index contributed by atoms with van der Waals surface area (Å²) in [6.45, 7) is 4.95. The summed E-state index contributed by atoms with van der Waals surface area (Å²) in [7, 11) is 0. The Bertz CT molecular complexity index is 208. The van der Waals surface area contributed by atoms with Crippen LogP contribution in [0.3, 0.4) is 0 Å². The molecule has 86 valence electrons. The minimum Gasteiger partial charge on any atom is -0.343 e. The number of nitrogens with zero attached hydrogens (tertiary/aromatic N) is 1. The van der Waals surface area contributed by atoms with E-state index in [1.54, 1.807) is 0 Å². The molecule has 2 aliphatic heterocycles. The summed E-state index contributed by atoms with van der Waals surface area (Å²) < 4.78 is 0. The monoisotopic (exact) mass is 211 g/mol. The summed E-state index contributed by atoms with van der Waals surface area (Å²) in [5.41, 5.74) is 0. The van der Waals surface area contributed by atoms with E-state index in [1.165, 1.54) is 19.3 Å². The van der Waals surface area contributed by atoms with E-state index in [1.807, 2.05) is 4.90 Å². The number of carbonyl (C=O) groups is 1. The van der Waals surface area contributed by atoms with Gasteiger partial charge in [-0.05, 0) is 25.8 Å². The van der Waals surface area contributed by atoms with Crippen LogP contribution in [0.2, 0.25) is 0 Å². The van der Waals surface area contributed by atoms with E-state index in [0.29, 0.717) is 18.4 Å². The molecule has 0 bridgehead atoms. The first-order chi connectivity index (χ1) is 7.36. The van der Waals surface area contributed by atoms with Gasteiger partial charge in [-0.3, -0.25) is 4.79 Å². The van der Waals surface area contributed by atoms with E-state index in [-0.39, 0.29) is 0 Å². The SMILES string of the molecule is O=C(CCNC1CCNC1)N1CCCC1. The van der Waals surface area contributed by atoms with Crippen molar-refractivity contribution in [3.8, 4) is 0 Å². The summed E-state index contributed by atoms with van der Waals surface area (Å²) in [5, 5.41) is 6.73. The fourth-order valence-electron chi connectivity index (χ4n) is 2.34. The third kappa shape index (κ3) is 3.18. The molecule has 4 heteroatoms. The molecule has 0 aromatic heterocycles. The number of likely N-dealkylation sites (tertiary alicyclic amines) is 1. The Morgan fingerprint density at radius 3 is 2.87 bits per heavy atom. The number of nitrogens with one attached hydrogen (secondary N) is 2. The molecule has 2 fully saturated rings. The van der Waals surface area contributed by atoms with Gasteiger partial charge < -0.3 is 15.5 Å². The quantitative estimate of drug-likeness (QED) is 0.685. The molecule has 15 heavy (non-hydrogen) atoms. The van der Waals surface area contributed by atoms with Crippen molar-refractivity contribution in [1.82, 2.24) is 15.5 Å². The molecular weight excluding hydrogens is 190 g/mol. The maximum atomic E-state index is 11.7. The zero-order valence-electron chi connectivity index (χ0n) is 9.30. The van der Waals surface area contributed by atoms with E-state index in [4.69, 9.17) is 0 Å². The first-order valence-electron chi connectivity index (χ1n) is 6.08. The van der Waals surface area contributed by atoms with Crippen molar-refractivity contribution in [3.63, 3.8) is 0 Å². The van der Waals surface area contributed by atoms with E-state index in [2.05, 4.69) is 10.6 Å². The predicted molar refractivity (Wildman–Crippen MR) is 59.7 cm³/mol. The predicted octanol–water partition coefficient (Wildman–Crippen LogP) is -0.0496. The lowest BCUT2D eigenvalue weighted by molar-refractivity contribution is -0.130. The summed E-state index contributed by atoms with van der Waals surface area (Å²) in [4.78, 5) is 13.7. The van der Waals surface area contributed by atoms with Crippen molar-refractivity contribution in [3.05, 3.63) is 0 Å². The zero-order valence-corrected chi connectivity index (χ0v) is 9.30. The standard InChI is InChI=1S/C11H21N3O/c15-11(14-7-1-2-8-14)4-6-13-10-3-5-12-9-10/h10,12-13H,1-9H2. The minimum absolute atomic E-state index is 0.325. The van der Waals surface area contributed by atoms with Gasteiger partial charge in [-0.15, -0.1) is 0 Å². The topological polar surface area (TPSA) is 44.4 Å². The van der Waals surface area contributed by atoms with Crippen LogP contribution in [-0.2, 0) is 4.79 Å². The Morgan fingerprint density at radius 2 is 2.20 bits per heavy atom. The Labute approximate surface area is 91.4 Å². The van der Waals surface area contributed by atoms with Crippen molar-refractivity contribution in [2.75, 3.05) is 32.7 Å². The molecule has 2 aliphatic rings. The zero-order chi connectivity index (χ0) is 10.5. The van der Waals surface area contributed by atoms with Crippen LogP contribution in [0.15, 0.2) is 0 Å². The molecule has 2 N–H and O–H groups in total. The summed E-state index contributed by atoms with van der Waals surface area (Å²) in [6, 6.07) is 0.580. The van der Waals surface area contributed by atoms with Crippen LogP contribution in [0, 0.1) is 0 Å². The van der Waals surface area contributed by atoms with Crippen molar-refractivity contribution < 1.29 is 4.79 Å². The Morgan fingerprint density at radius 1 is 1.40 bits per heavy atom. The summed E-state index contributed by atoms with van der Waals surface area (Å²) >= 11 is 0. The van der Waals surface area contributed by atoms with Crippen LogP contribution in [-0.4, -0.2) is 49.6 Å². The number of amides is 1. The van der Waals surface area contributed by atoms with Crippen molar-refractivity contribution in [2.24, 2.45) is 0 Å². The highest BCUT2D eigenvalue weighted by atomic mass is 16.2. The van der Waals surface area contributed by atoms with Gasteiger partial charge in [0.2, 0.25) is 5.91 Å². The molecule has 2 saturated heterocycles. The normalized spacial score (nSPS) is 26.1. The number of carbonyl (C=O) groups excluding carboxylic acids is 1. The number of rotatable bonds is 4. The Hall–Kier alpha value is -0.610. The van der Waals surface area contributed by atoms with Crippen LogP contribution >= 0.6 is 0 Å². The van der Waals surface area contributed by atoms with Crippen LogP contribution in [0.5, 0.6) is 0 Å². The van der Waals surface area contributed by atoms with Crippen molar-refractivity contribution in [1.29, 1.82) is 0 Å². The van der Waals surface area contributed by atoms with Gasteiger partial charge in [0.25, 0.3) is 0 Å². The van der Waals surface area contributed by atoms with Gasteiger partial charge in [0, 0.05) is 38.6 Å². The highest BCUT2D eigenvalue weighted by molar-refractivity contribution is 5.76. The van der Waals surface area contributed by atoms with Crippen LogP contribution in [0.25, 0.3) is 0 Å². The van der Waals surface area contributed by atoms with E-state index in [9.17, 15) is 4.79 Å². The second kappa shape index (κ2) is 5.47. The van der Waals surface area contributed by atoms with E-state index < -0.39 is 0 Å². The van der Waals surface area contributed by atoms with Crippen molar-refractivity contribution >= 4 is 5.91 Å². The van der Waals surface area contributed by atoms with Gasteiger partial charge in [0.15, 0.2) is 0 Å². The molecule has 0 aromatic rings. The molecule has 0 spiro atoms. The average Bonchev–Trinajstić information content (AvgIpc) is 2.90. The molecule has 0 aliphatic carbocycles. The van der Waals surface area contributed by atoms with Gasteiger partial charge in [0.05, 0.1) is 0 Å². The van der Waals surface area contributed by atoms with Crippen LogP contribution in [0.4, 0.5) is 0 Å². The first kappa shape index (κ1) is 10.9. The Kier molecular flexibility index (Phi) is 3.97. The third-order valence-electron chi connectivity index (χ3n) is 3.29. The molecular formula is C11H21N3O. The van der Waals surface area contributed by atoms with Gasteiger partial charge >= 0.3 is 0 Å². The Balaban J connectivity index is 1.58.